The van der Waals surface area contributed by atoms with Gasteiger partial charge in [-0.15, -0.1) is 0 Å². The molecule has 0 aromatic heterocycles. The van der Waals surface area contributed by atoms with Crippen molar-refractivity contribution in [1.82, 2.24) is 4.31 Å². The number of anilines is 1. The van der Waals surface area contributed by atoms with Crippen LogP contribution in [0.1, 0.15) is 35.7 Å². The molecule has 138 valence electrons. The molecular formula is C20H24N2O3S. The highest BCUT2D eigenvalue weighted by Gasteiger charge is 2.28. The second kappa shape index (κ2) is 7.60. The van der Waals surface area contributed by atoms with E-state index >= 15 is 0 Å². The van der Waals surface area contributed by atoms with Crippen LogP contribution in [0.2, 0.25) is 0 Å². The van der Waals surface area contributed by atoms with Gasteiger partial charge in [0.15, 0.2) is 0 Å². The molecule has 0 aliphatic carbocycles. The Bertz CT molecular complexity index is 874. The Kier molecular flexibility index (Phi) is 5.44. The molecule has 0 bridgehead atoms. The predicted octanol–water partition coefficient (Wildman–Crippen LogP) is 3.67. The van der Waals surface area contributed by atoms with Gasteiger partial charge in [-0.05, 0) is 62.1 Å². The molecule has 0 spiro atoms. The van der Waals surface area contributed by atoms with Gasteiger partial charge in [0.1, 0.15) is 0 Å². The molecule has 1 saturated heterocycles. The average molecular weight is 372 g/mol. The van der Waals surface area contributed by atoms with E-state index in [2.05, 4.69) is 12.2 Å². The van der Waals surface area contributed by atoms with E-state index in [1.54, 1.807) is 16.4 Å². The lowest BCUT2D eigenvalue weighted by molar-refractivity contribution is 0.102. The van der Waals surface area contributed by atoms with E-state index in [4.69, 9.17) is 0 Å². The van der Waals surface area contributed by atoms with E-state index in [9.17, 15) is 13.2 Å². The minimum Gasteiger partial charge on any atom is -0.322 e. The van der Waals surface area contributed by atoms with E-state index < -0.39 is 10.0 Å². The normalized spacial score (nSPS) is 18.5. The first kappa shape index (κ1) is 18.6. The summed E-state index contributed by atoms with van der Waals surface area (Å²) < 4.78 is 27.1. The Labute approximate surface area is 155 Å². The van der Waals surface area contributed by atoms with E-state index in [0.29, 0.717) is 30.3 Å². The highest BCUT2D eigenvalue weighted by molar-refractivity contribution is 7.89. The van der Waals surface area contributed by atoms with Gasteiger partial charge in [-0.25, -0.2) is 8.42 Å². The number of rotatable bonds is 4. The number of nitrogens with zero attached hydrogens (tertiary/aromatic N) is 1. The maximum atomic E-state index is 12.8. The summed E-state index contributed by atoms with van der Waals surface area (Å²) in [6.45, 7) is 5.16. The van der Waals surface area contributed by atoms with Crippen LogP contribution in [0, 0.1) is 12.8 Å². The number of sulfonamides is 1. The fraction of sp³-hybridized carbons (Fsp3) is 0.350. The minimum atomic E-state index is -3.50. The third-order valence-corrected chi connectivity index (χ3v) is 6.56. The highest BCUT2D eigenvalue weighted by atomic mass is 32.2. The molecule has 6 heteroatoms. The SMILES string of the molecule is Cc1ccc(NC(=O)c2ccc(S(=O)(=O)N3CCCC(C)C3)cc2)cc1. The smallest absolute Gasteiger partial charge is 0.255 e. The zero-order chi connectivity index (χ0) is 18.7. The van der Waals surface area contributed by atoms with Crippen LogP contribution in [-0.2, 0) is 10.0 Å². The first-order valence-corrected chi connectivity index (χ1v) is 10.3. The molecule has 1 unspecified atom stereocenters. The Morgan fingerprint density at radius 1 is 1.08 bits per heavy atom. The van der Waals surface area contributed by atoms with Crippen LogP contribution in [0.3, 0.4) is 0 Å². The number of amides is 1. The maximum Gasteiger partial charge on any atom is 0.255 e. The molecule has 2 aromatic carbocycles. The lowest BCUT2D eigenvalue weighted by Crippen LogP contribution is -2.39. The van der Waals surface area contributed by atoms with Crippen molar-refractivity contribution in [1.29, 1.82) is 0 Å². The van der Waals surface area contributed by atoms with Crippen LogP contribution in [0.25, 0.3) is 0 Å². The summed E-state index contributed by atoms with van der Waals surface area (Å²) in [5, 5.41) is 2.81. The van der Waals surface area contributed by atoms with Gasteiger partial charge in [-0.2, -0.15) is 4.31 Å². The van der Waals surface area contributed by atoms with E-state index in [0.717, 1.165) is 18.4 Å². The highest BCUT2D eigenvalue weighted by Crippen LogP contribution is 2.23. The first-order chi connectivity index (χ1) is 12.4. The minimum absolute atomic E-state index is 0.235. The van der Waals surface area contributed by atoms with E-state index in [1.807, 2.05) is 31.2 Å². The van der Waals surface area contributed by atoms with Crippen molar-refractivity contribution in [3.05, 3.63) is 59.7 Å². The summed E-state index contributed by atoms with van der Waals surface area (Å²) in [4.78, 5) is 12.6. The molecule has 2 aromatic rings. The predicted molar refractivity (Wildman–Crippen MR) is 103 cm³/mol. The van der Waals surface area contributed by atoms with Gasteiger partial charge in [-0.1, -0.05) is 24.6 Å². The topological polar surface area (TPSA) is 66.5 Å². The molecule has 1 aliphatic heterocycles. The molecule has 1 aliphatic rings. The summed E-state index contributed by atoms with van der Waals surface area (Å²) in [6.07, 6.45) is 1.95. The number of aryl methyl sites for hydroxylation is 1. The van der Waals surface area contributed by atoms with Crippen LogP contribution < -0.4 is 5.32 Å². The van der Waals surface area contributed by atoms with Crippen LogP contribution in [0.5, 0.6) is 0 Å². The Balaban J connectivity index is 1.73. The lowest BCUT2D eigenvalue weighted by atomic mass is 10.0. The van der Waals surface area contributed by atoms with E-state index in [-0.39, 0.29) is 10.8 Å². The molecule has 1 amide bonds. The summed E-state index contributed by atoms with van der Waals surface area (Å²) in [5.41, 5.74) is 2.25. The Morgan fingerprint density at radius 3 is 2.35 bits per heavy atom. The quantitative estimate of drug-likeness (QED) is 0.890. The van der Waals surface area contributed by atoms with Crippen molar-refractivity contribution < 1.29 is 13.2 Å². The molecule has 1 heterocycles. The molecule has 26 heavy (non-hydrogen) atoms. The number of piperidine rings is 1. The van der Waals surface area contributed by atoms with Gasteiger partial charge in [-0.3, -0.25) is 4.79 Å². The van der Waals surface area contributed by atoms with Crippen LogP contribution >= 0.6 is 0 Å². The first-order valence-electron chi connectivity index (χ1n) is 8.84. The summed E-state index contributed by atoms with van der Waals surface area (Å²) >= 11 is 0. The molecule has 0 radical (unpaired) electrons. The number of carbonyl (C=O) groups is 1. The van der Waals surface area contributed by atoms with Crippen molar-refractivity contribution in [2.45, 2.75) is 31.6 Å². The zero-order valence-electron chi connectivity index (χ0n) is 15.1. The lowest BCUT2D eigenvalue weighted by Gasteiger charge is -2.30. The second-order valence-corrected chi connectivity index (χ2v) is 8.89. The van der Waals surface area contributed by atoms with Crippen LogP contribution in [-0.4, -0.2) is 31.7 Å². The van der Waals surface area contributed by atoms with Crippen molar-refractivity contribution in [2.75, 3.05) is 18.4 Å². The Morgan fingerprint density at radius 2 is 1.73 bits per heavy atom. The number of hydrogen-bond donors (Lipinski definition) is 1. The second-order valence-electron chi connectivity index (χ2n) is 6.95. The van der Waals surface area contributed by atoms with E-state index in [1.165, 1.54) is 12.1 Å². The number of carbonyl (C=O) groups excluding carboxylic acids is 1. The largest absolute Gasteiger partial charge is 0.322 e. The van der Waals surface area contributed by atoms with Gasteiger partial charge in [0.05, 0.1) is 4.90 Å². The summed E-state index contributed by atoms with van der Waals surface area (Å²) in [5.74, 6) is 0.113. The Hall–Kier alpha value is -2.18. The standard InChI is InChI=1S/C20H24N2O3S/c1-15-5-9-18(10-6-15)21-20(23)17-7-11-19(12-8-17)26(24,25)22-13-3-4-16(2)14-22/h5-12,16H,3-4,13-14H2,1-2H3,(H,21,23). The summed E-state index contributed by atoms with van der Waals surface area (Å²) in [6, 6.07) is 13.7. The van der Waals surface area contributed by atoms with Crippen molar-refractivity contribution >= 4 is 21.6 Å². The van der Waals surface area contributed by atoms with Gasteiger partial charge in [0.25, 0.3) is 5.91 Å². The van der Waals surface area contributed by atoms with Gasteiger partial charge >= 0.3 is 0 Å². The number of hydrogen-bond acceptors (Lipinski definition) is 3. The van der Waals surface area contributed by atoms with Crippen LogP contribution in [0.15, 0.2) is 53.4 Å². The van der Waals surface area contributed by atoms with Gasteiger partial charge in [0, 0.05) is 24.3 Å². The number of benzene rings is 2. The third-order valence-electron chi connectivity index (χ3n) is 4.68. The number of nitrogens with one attached hydrogen (secondary N) is 1. The molecule has 5 nitrogen and oxygen atoms in total. The molecule has 1 fully saturated rings. The maximum absolute atomic E-state index is 12.8. The van der Waals surface area contributed by atoms with Gasteiger partial charge < -0.3 is 5.32 Å². The molecule has 3 rings (SSSR count). The molecule has 1 N–H and O–H groups in total. The van der Waals surface area contributed by atoms with Crippen LogP contribution in [0.4, 0.5) is 5.69 Å². The molecule has 0 saturated carbocycles. The molecular weight excluding hydrogens is 348 g/mol. The third kappa shape index (κ3) is 4.14. The molecule has 1 atom stereocenters. The average Bonchev–Trinajstić information content (AvgIpc) is 2.64. The summed E-state index contributed by atoms with van der Waals surface area (Å²) in [7, 11) is -3.50. The van der Waals surface area contributed by atoms with Gasteiger partial charge in [0.2, 0.25) is 10.0 Å². The fourth-order valence-electron chi connectivity index (χ4n) is 3.13. The zero-order valence-corrected chi connectivity index (χ0v) is 15.9. The van der Waals surface area contributed by atoms with Crippen molar-refractivity contribution in [3.63, 3.8) is 0 Å². The fourth-order valence-corrected chi connectivity index (χ4v) is 4.73. The monoisotopic (exact) mass is 372 g/mol. The van der Waals surface area contributed by atoms with Crippen molar-refractivity contribution in [3.8, 4) is 0 Å². The van der Waals surface area contributed by atoms with Crippen molar-refractivity contribution in [2.24, 2.45) is 5.92 Å².